The van der Waals surface area contributed by atoms with E-state index in [2.05, 4.69) is 36.1 Å². The van der Waals surface area contributed by atoms with Gasteiger partial charge in [-0.15, -0.1) is 0 Å². The predicted molar refractivity (Wildman–Crippen MR) is 71.3 cm³/mol. The van der Waals surface area contributed by atoms with Crippen LogP contribution in [-0.4, -0.2) is 41.8 Å². The van der Waals surface area contributed by atoms with Gasteiger partial charge in [0.1, 0.15) is 5.82 Å². The molecule has 2 heterocycles. The van der Waals surface area contributed by atoms with Gasteiger partial charge < -0.3 is 15.3 Å². The van der Waals surface area contributed by atoms with Crippen LogP contribution in [0.3, 0.4) is 0 Å². The molecule has 0 radical (unpaired) electrons. The Morgan fingerprint density at radius 3 is 3.18 bits per heavy atom. The minimum absolute atomic E-state index is 0.248. The second-order valence-corrected chi connectivity index (χ2v) is 5.11. The second kappa shape index (κ2) is 5.64. The molecule has 0 aliphatic carbocycles. The molecule has 0 aromatic carbocycles. The molecule has 2 rings (SSSR count). The van der Waals surface area contributed by atoms with Gasteiger partial charge in [0.2, 0.25) is 5.95 Å². The lowest BCUT2D eigenvalue weighted by Crippen LogP contribution is -2.37. The van der Waals surface area contributed by atoms with Crippen molar-refractivity contribution in [2.45, 2.75) is 12.8 Å². The SMILES string of the molecule is CNc1ncc(Br)c(N2CCCC(CO)C2)n1. The zero-order chi connectivity index (χ0) is 12.3. The van der Waals surface area contributed by atoms with Gasteiger partial charge in [-0.05, 0) is 34.7 Å². The Labute approximate surface area is 109 Å². The lowest BCUT2D eigenvalue weighted by molar-refractivity contribution is 0.208. The fourth-order valence-electron chi connectivity index (χ4n) is 2.11. The quantitative estimate of drug-likeness (QED) is 0.886. The van der Waals surface area contributed by atoms with Gasteiger partial charge in [0.15, 0.2) is 0 Å². The molecule has 1 fully saturated rings. The zero-order valence-corrected chi connectivity index (χ0v) is 11.4. The molecular weight excluding hydrogens is 284 g/mol. The first-order chi connectivity index (χ1) is 8.24. The van der Waals surface area contributed by atoms with Crippen LogP contribution in [0.25, 0.3) is 0 Å². The first-order valence-corrected chi connectivity index (χ1v) is 6.60. The highest BCUT2D eigenvalue weighted by Crippen LogP contribution is 2.28. The molecular formula is C11H17BrN4O. The first kappa shape index (κ1) is 12.6. The second-order valence-electron chi connectivity index (χ2n) is 4.25. The maximum absolute atomic E-state index is 9.24. The van der Waals surface area contributed by atoms with Crippen LogP contribution in [0.1, 0.15) is 12.8 Å². The molecule has 0 bridgehead atoms. The number of rotatable bonds is 3. The molecule has 1 aromatic rings. The lowest BCUT2D eigenvalue weighted by Gasteiger charge is -2.33. The van der Waals surface area contributed by atoms with E-state index in [1.54, 1.807) is 13.2 Å². The van der Waals surface area contributed by atoms with E-state index in [9.17, 15) is 5.11 Å². The molecule has 6 heteroatoms. The van der Waals surface area contributed by atoms with Crippen molar-refractivity contribution < 1.29 is 5.11 Å². The number of nitrogens with one attached hydrogen (secondary N) is 1. The van der Waals surface area contributed by atoms with E-state index in [0.29, 0.717) is 11.9 Å². The predicted octanol–water partition coefficient (Wildman–Crippen LogP) is 1.49. The Kier molecular flexibility index (Phi) is 4.17. The first-order valence-electron chi connectivity index (χ1n) is 5.80. The van der Waals surface area contributed by atoms with Gasteiger partial charge in [0.25, 0.3) is 0 Å². The zero-order valence-electron chi connectivity index (χ0n) is 9.86. The van der Waals surface area contributed by atoms with Gasteiger partial charge in [0, 0.05) is 32.9 Å². The average molecular weight is 301 g/mol. The minimum Gasteiger partial charge on any atom is -0.396 e. The van der Waals surface area contributed by atoms with Crippen LogP contribution in [-0.2, 0) is 0 Å². The van der Waals surface area contributed by atoms with Crippen molar-refractivity contribution in [1.82, 2.24) is 9.97 Å². The van der Waals surface area contributed by atoms with Crippen LogP contribution in [0.5, 0.6) is 0 Å². The van der Waals surface area contributed by atoms with Crippen LogP contribution < -0.4 is 10.2 Å². The molecule has 0 spiro atoms. The lowest BCUT2D eigenvalue weighted by atomic mass is 9.99. The van der Waals surface area contributed by atoms with Crippen LogP contribution in [0, 0.1) is 5.92 Å². The molecule has 1 atom stereocenters. The maximum atomic E-state index is 9.24. The summed E-state index contributed by atoms with van der Waals surface area (Å²) in [4.78, 5) is 10.8. The summed E-state index contributed by atoms with van der Waals surface area (Å²) in [5, 5.41) is 12.2. The molecule has 94 valence electrons. The largest absolute Gasteiger partial charge is 0.396 e. The van der Waals surface area contributed by atoms with E-state index >= 15 is 0 Å². The van der Waals surface area contributed by atoms with Gasteiger partial charge in [-0.2, -0.15) is 4.98 Å². The monoisotopic (exact) mass is 300 g/mol. The summed E-state index contributed by atoms with van der Waals surface area (Å²) in [5.74, 6) is 1.88. The summed E-state index contributed by atoms with van der Waals surface area (Å²) in [7, 11) is 1.81. The van der Waals surface area contributed by atoms with E-state index in [4.69, 9.17) is 0 Å². The molecule has 1 aliphatic rings. The number of hydrogen-bond donors (Lipinski definition) is 2. The molecule has 1 aromatic heterocycles. The number of anilines is 2. The molecule has 1 saturated heterocycles. The average Bonchev–Trinajstić information content (AvgIpc) is 2.39. The Balaban J connectivity index is 2.20. The highest BCUT2D eigenvalue weighted by molar-refractivity contribution is 9.10. The third-order valence-corrected chi connectivity index (χ3v) is 3.59. The van der Waals surface area contributed by atoms with Crippen LogP contribution in [0.4, 0.5) is 11.8 Å². The molecule has 5 nitrogen and oxygen atoms in total. The standard InChI is InChI=1S/C11H17BrN4O/c1-13-11-14-5-9(12)10(15-11)16-4-2-3-8(6-16)7-17/h5,8,17H,2-4,6-7H2,1H3,(H,13,14,15). The highest BCUT2D eigenvalue weighted by Gasteiger charge is 2.22. The van der Waals surface area contributed by atoms with E-state index in [0.717, 1.165) is 36.2 Å². The van der Waals surface area contributed by atoms with Crippen LogP contribution in [0.15, 0.2) is 10.7 Å². The third-order valence-electron chi connectivity index (χ3n) is 3.03. The Bertz CT molecular complexity index is 388. The fraction of sp³-hybridized carbons (Fsp3) is 0.636. The molecule has 1 aliphatic heterocycles. The number of aliphatic hydroxyl groups excluding tert-OH is 1. The maximum Gasteiger partial charge on any atom is 0.224 e. The van der Waals surface area contributed by atoms with Crippen molar-refractivity contribution >= 4 is 27.7 Å². The topological polar surface area (TPSA) is 61.3 Å². The summed E-state index contributed by atoms with van der Waals surface area (Å²) < 4.78 is 0.898. The van der Waals surface area contributed by atoms with Crippen molar-refractivity contribution in [3.8, 4) is 0 Å². The summed E-state index contributed by atoms with van der Waals surface area (Å²) in [6.07, 6.45) is 3.95. The van der Waals surface area contributed by atoms with E-state index in [-0.39, 0.29) is 6.61 Å². The number of aliphatic hydroxyl groups is 1. The summed E-state index contributed by atoms with van der Waals surface area (Å²) in [6, 6.07) is 0. The van der Waals surface area contributed by atoms with Crippen molar-refractivity contribution in [2.24, 2.45) is 5.92 Å². The van der Waals surface area contributed by atoms with Crippen LogP contribution in [0.2, 0.25) is 0 Å². The Morgan fingerprint density at radius 1 is 1.65 bits per heavy atom. The number of hydrogen-bond acceptors (Lipinski definition) is 5. The fourth-order valence-corrected chi connectivity index (χ4v) is 2.55. The third kappa shape index (κ3) is 2.87. The Morgan fingerprint density at radius 2 is 2.47 bits per heavy atom. The normalized spacial score (nSPS) is 20.4. The van der Waals surface area contributed by atoms with Crippen molar-refractivity contribution in [3.63, 3.8) is 0 Å². The summed E-state index contributed by atoms with van der Waals surface area (Å²) in [6.45, 7) is 2.09. The van der Waals surface area contributed by atoms with Gasteiger partial charge in [-0.1, -0.05) is 0 Å². The van der Waals surface area contributed by atoms with Gasteiger partial charge in [-0.3, -0.25) is 0 Å². The number of piperidine rings is 1. The highest BCUT2D eigenvalue weighted by atomic mass is 79.9. The van der Waals surface area contributed by atoms with Gasteiger partial charge >= 0.3 is 0 Å². The minimum atomic E-state index is 0.248. The van der Waals surface area contributed by atoms with Gasteiger partial charge in [0.05, 0.1) is 4.47 Å². The van der Waals surface area contributed by atoms with E-state index in [1.807, 2.05) is 0 Å². The van der Waals surface area contributed by atoms with Crippen molar-refractivity contribution in [1.29, 1.82) is 0 Å². The molecule has 17 heavy (non-hydrogen) atoms. The number of halogens is 1. The van der Waals surface area contributed by atoms with E-state index < -0.39 is 0 Å². The van der Waals surface area contributed by atoms with E-state index in [1.165, 1.54) is 0 Å². The molecule has 0 amide bonds. The molecule has 1 unspecified atom stereocenters. The van der Waals surface area contributed by atoms with Crippen molar-refractivity contribution in [2.75, 3.05) is 37.0 Å². The van der Waals surface area contributed by atoms with Crippen LogP contribution >= 0.6 is 15.9 Å². The summed E-state index contributed by atoms with van der Waals surface area (Å²) in [5.41, 5.74) is 0. The number of nitrogens with zero attached hydrogens (tertiary/aromatic N) is 3. The molecule has 0 saturated carbocycles. The smallest absolute Gasteiger partial charge is 0.224 e. The number of aromatic nitrogens is 2. The van der Waals surface area contributed by atoms with Gasteiger partial charge in [-0.25, -0.2) is 4.98 Å². The Hall–Kier alpha value is -0.880. The molecule has 2 N–H and O–H groups in total. The van der Waals surface area contributed by atoms with Crippen molar-refractivity contribution in [3.05, 3.63) is 10.7 Å². The summed E-state index contributed by atoms with van der Waals surface area (Å²) >= 11 is 3.48.